The second-order valence-corrected chi connectivity index (χ2v) is 5.36. The van der Waals surface area contributed by atoms with Gasteiger partial charge in [-0.1, -0.05) is 0 Å². The average molecular weight is 280 g/mol. The number of methoxy groups -OCH3 is 1. The van der Waals surface area contributed by atoms with E-state index in [0.717, 1.165) is 4.88 Å². The highest BCUT2D eigenvalue weighted by Gasteiger charge is 2.43. The SMILES string of the molecule is COC(C)(C)C(C)(O)c1scnc1Br. The van der Waals surface area contributed by atoms with Crippen molar-refractivity contribution in [3.05, 3.63) is 15.0 Å². The molecule has 1 heterocycles. The Labute approximate surface area is 96.3 Å². The molecule has 0 aliphatic rings. The molecule has 0 saturated heterocycles. The number of hydrogen-bond donors (Lipinski definition) is 1. The van der Waals surface area contributed by atoms with E-state index in [-0.39, 0.29) is 0 Å². The maximum absolute atomic E-state index is 10.4. The number of ether oxygens (including phenoxy) is 1. The number of aliphatic hydroxyl groups is 1. The first kappa shape index (κ1) is 12.1. The van der Waals surface area contributed by atoms with E-state index in [2.05, 4.69) is 20.9 Å². The number of halogens is 1. The molecule has 0 amide bonds. The van der Waals surface area contributed by atoms with Gasteiger partial charge in [0.15, 0.2) is 0 Å². The lowest BCUT2D eigenvalue weighted by Gasteiger charge is -2.38. The molecule has 1 aromatic rings. The standard InChI is InChI=1S/C9H14BrNO2S/c1-8(2,13-4)9(3,12)6-7(10)11-5-14-6/h5,12H,1-4H3. The second-order valence-electron chi connectivity index (χ2n) is 3.76. The smallest absolute Gasteiger partial charge is 0.127 e. The maximum Gasteiger partial charge on any atom is 0.127 e. The Morgan fingerprint density at radius 2 is 2.07 bits per heavy atom. The third-order valence-electron chi connectivity index (χ3n) is 2.65. The highest BCUT2D eigenvalue weighted by molar-refractivity contribution is 9.10. The first-order valence-corrected chi connectivity index (χ1v) is 5.87. The molecule has 0 aliphatic carbocycles. The zero-order valence-corrected chi connectivity index (χ0v) is 11.1. The molecular weight excluding hydrogens is 266 g/mol. The summed E-state index contributed by atoms with van der Waals surface area (Å²) in [5.74, 6) is 0. The summed E-state index contributed by atoms with van der Waals surface area (Å²) in [5, 5.41) is 10.4. The van der Waals surface area contributed by atoms with E-state index < -0.39 is 11.2 Å². The fourth-order valence-electron chi connectivity index (χ4n) is 1.02. The Morgan fingerprint density at radius 1 is 1.50 bits per heavy atom. The third-order valence-corrected chi connectivity index (χ3v) is 4.55. The molecular formula is C9H14BrNO2S. The van der Waals surface area contributed by atoms with Gasteiger partial charge in [-0.05, 0) is 36.7 Å². The van der Waals surface area contributed by atoms with Gasteiger partial charge in [-0.2, -0.15) is 0 Å². The highest BCUT2D eigenvalue weighted by Crippen LogP contribution is 2.40. The summed E-state index contributed by atoms with van der Waals surface area (Å²) in [7, 11) is 1.59. The molecule has 0 spiro atoms. The molecule has 0 aliphatic heterocycles. The van der Waals surface area contributed by atoms with Gasteiger partial charge < -0.3 is 9.84 Å². The van der Waals surface area contributed by atoms with Crippen LogP contribution in [0.15, 0.2) is 10.1 Å². The Morgan fingerprint density at radius 3 is 2.43 bits per heavy atom. The summed E-state index contributed by atoms with van der Waals surface area (Å²) < 4.78 is 5.97. The number of thiazole rings is 1. The largest absolute Gasteiger partial charge is 0.381 e. The van der Waals surface area contributed by atoms with Crippen LogP contribution in [0, 0.1) is 0 Å². The van der Waals surface area contributed by atoms with Crippen LogP contribution < -0.4 is 0 Å². The van der Waals surface area contributed by atoms with Gasteiger partial charge in [0, 0.05) is 7.11 Å². The van der Waals surface area contributed by atoms with Crippen LogP contribution in [0.3, 0.4) is 0 Å². The normalized spacial score (nSPS) is 16.7. The van der Waals surface area contributed by atoms with E-state index in [4.69, 9.17) is 4.74 Å². The van der Waals surface area contributed by atoms with Crippen molar-refractivity contribution in [1.82, 2.24) is 4.98 Å². The van der Waals surface area contributed by atoms with Crippen LogP contribution in [-0.4, -0.2) is 22.8 Å². The van der Waals surface area contributed by atoms with E-state index in [1.807, 2.05) is 13.8 Å². The molecule has 5 heteroatoms. The number of aromatic nitrogens is 1. The van der Waals surface area contributed by atoms with Crippen LogP contribution in [0.25, 0.3) is 0 Å². The topological polar surface area (TPSA) is 42.4 Å². The van der Waals surface area contributed by atoms with Crippen molar-refractivity contribution in [1.29, 1.82) is 0 Å². The van der Waals surface area contributed by atoms with E-state index in [9.17, 15) is 5.11 Å². The molecule has 14 heavy (non-hydrogen) atoms. The van der Waals surface area contributed by atoms with Crippen LogP contribution >= 0.6 is 27.3 Å². The summed E-state index contributed by atoms with van der Waals surface area (Å²) >= 11 is 4.72. The van der Waals surface area contributed by atoms with Crippen molar-refractivity contribution >= 4 is 27.3 Å². The van der Waals surface area contributed by atoms with Gasteiger partial charge in [0.2, 0.25) is 0 Å². The van der Waals surface area contributed by atoms with Gasteiger partial charge in [0.1, 0.15) is 10.2 Å². The molecule has 0 radical (unpaired) electrons. The van der Waals surface area contributed by atoms with Crippen molar-refractivity contribution < 1.29 is 9.84 Å². The van der Waals surface area contributed by atoms with Crippen molar-refractivity contribution in [2.75, 3.05) is 7.11 Å². The van der Waals surface area contributed by atoms with E-state index >= 15 is 0 Å². The lowest BCUT2D eigenvalue weighted by molar-refractivity contribution is -0.144. The van der Waals surface area contributed by atoms with Gasteiger partial charge in [0.05, 0.1) is 16.0 Å². The molecule has 3 nitrogen and oxygen atoms in total. The van der Waals surface area contributed by atoms with Crippen LogP contribution in [0.1, 0.15) is 25.6 Å². The van der Waals surface area contributed by atoms with Crippen LogP contribution in [0.5, 0.6) is 0 Å². The monoisotopic (exact) mass is 279 g/mol. The van der Waals surface area contributed by atoms with Gasteiger partial charge in [-0.15, -0.1) is 11.3 Å². The Balaban J connectivity index is 3.14. The molecule has 0 saturated carbocycles. The molecule has 1 unspecified atom stereocenters. The summed E-state index contributed by atoms with van der Waals surface area (Å²) in [6.45, 7) is 5.42. The molecule has 1 aromatic heterocycles. The number of rotatable bonds is 3. The average Bonchev–Trinajstić information content (AvgIpc) is 2.51. The number of hydrogen-bond acceptors (Lipinski definition) is 4. The third kappa shape index (κ3) is 1.86. The van der Waals surface area contributed by atoms with Gasteiger partial charge in [0.25, 0.3) is 0 Å². The fraction of sp³-hybridized carbons (Fsp3) is 0.667. The van der Waals surface area contributed by atoms with Crippen LogP contribution in [0.2, 0.25) is 0 Å². The zero-order chi connectivity index (χ0) is 11.0. The van der Waals surface area contributed by atoms with Crippen molar-refractivity contribution in [2.45, 2.75) is 32.0 Å². The second kappa shape index (κ2) is 3.89. The summed E-state index contributed by atoms with van der Waals surface area (Å²) in [5.41, 5.74) is -0.0105. The molecule has 0 fully saturated rings. The van der Waals surface area contributed by atoms with E-state index in [1.165, 1.54) is 11.3 Å². The van der Waals surface area contributed by atoms with Gasteiger partial charge >= 0.3 is 0 Å². The minimum Gasteiger partial charge on any atom is -0.381 e. The van der Waals surface area contributed by atoms with E-state index in [1.54, 1.807) is 19.5 Å². The minimum absolute atomic E-state index is 0.651. The molecule has 0 bridgehead atoms. The zero-order valence-electron chi connectivity index (χ0n) is 8.67. The fourth-order valence-corrected chi connectivity index (χ4v) is 2.81. The lowest BCUT2D eigenvalue weighted by atomic mass is 9.86. The van der Waals surface area contributed by atoms with Crippen molar-refractivity contribution in [3.8, 4) is 0 Å². The van der Waals surface area contributed by atoms with Gasteiger partial charge in [-0.3, -0.25) is 0 Å². The molecule has 80 valence electrons. The van der Waals surface area contributed by atoms with Gasteiger partial charge in [-0.25, -0.2) is 4.98 Å². The predicted octanol–water partition coefficient (Wildman–Crippen LogP) is 2.54. The lowest BCUT2D eigenvalue weighted by Crippen LogP contribution is -2.46. The Hall–Kier alpha value is 0.0300. The summed E-state index contributed by atoms with van der Waals surface area (Å²) in [6.07, 6.45) is 0. The quantitative estimate of drug-likeness (QED) is 0.925. The van der Waals surface area contributed by atoms with Crippen molar-refractivity contribution in [3.63, 3.8) is 0 Å². The van der Waals surface area contributed by atoms with Crippen molar-refractivity contribution in [2.24, 2.45) is 0 Å². The molecule has 0 aromatic carbocycles. The minimum atomic E-state index is -1.05. The van der Waals surface area contributed by atoms with Crippen LogP contribution in [0.4, 0.5) is 0 Å². The Bertz CT molecular complexity index is 322. The predicted molar refractivity (Wildman–Crippen MR) is 60.5 cm³/mol. The maximum atomic E-state index is 10.4. The molecule has 1 atom stereocenters. The van der Waals surface area contributed by atoms with E-state index in [0.29, 0.717) is 4.60 Å². The number of nitrogens with zero attached hydrogens (tertiary/aromatic N) is 1. The highest BCUT2D eigenvalue weighted by atomic mass is 79.9. The summed E-state index contributed by atoms with van der Waals surface area (Å²) in [4.78, 5) is 4.83. The van der Waals surface area contributed by atoms with Crippen LogP contribution in [-0.2, 0) is 10.3 Å². The molecule has 1 rings (SSSR count). The Kier molecular flexibility index (Phi) is 3.36. The molecule has 1 N–H and O–H groups in total. The first-order valence-electron chi connectivity index (χ1n) is 4.20. The first-order chi connectivity index (χ1) is 6.33. The summed E-state index contributed by atoms with van der Waals surface area (Å²) in [6, 6.07) is 0.